The first kappa shape index (κ1) is 16.0. The average Bonchev–Trinajstić information content (AvgIpc) is 2.32. The minimum absolute atomic E-state index is 0.0650. The van der Waals surface area contributed by atoms with Crippen LogP contribution in [0.4, 0.5) is 0 Å². The largest absolute Gasteiger partial charge is 0.508 e. The Morgan fingerprint density at radius 2 is 2.00 bits per heavy atom. The molecule has 0 fully saturated rings. The summed E-state index contributed by atoms with van der Waals surface area (Å²) in [5.41, 5.74) is 2.93. The van der Waals surface area contributed by atoms with Gasteiger partial charge in [0.2, 0.25) is 0 Å². The fourth-order valence-electron chi connectivity index (χ4n) is 1.99. The Balaban J connectivity index is 3.22. The SMILES string of the molecule is C=N/C(NC(=C)C)=C(/Cc1cccc(O)c1)C(C)(C)C. The number of hydrogen-bond acceptors (Lipinski definition) is 3. The Hall–Kier alpha value is -2.03. The summed E-state index contributed by atoms with van der Waals surface area (Å²) in [6.07, 6.45) is 0.701. The summed E-state index contributed by atoms with van der Waals surface area (Å²) >= 11 is 0. The number of benzene rings is 1. The van der Waals surface area contributed by atoms with Crippen LogP contribution in [-0.4, -0.2) is 11.8 Å². The minimum atomic E-state index is -0.0650. The van der Waals surface area contributed by atoms with E-state index in [0.29, 0.717) is 6.42 Å². The van der Waals surface area contributed by atoms with E-state index in [1.165, 1.54) is 0 Å². The molecule has 0 unspecified atom stereocenters. The van der Waals surface area contributed by atoms with Crippen LogP contribution in [0.25, 0.3) is 0 Å². The van der Waals surface area contributed by atoms with Gasteiger partial charge in [-0.3, -0.25) is 0 Å². The van der Waals surface area contributed by atoms with E-state index in [2.05, 4.69) is 44.4 Å². The van der Waals surface area contributed by atoms with Crippen LogP contribution in [0.2, 0.25) is 0 Å². The normalized spacial score (nSPS) is 12.6. The summed E-state index contributed by atoms with van der Waals surface area (Å²) in [7, 11) is 0. The Labute approximate surface area is 121 Å². The Kier molecular flexibility index (Phi) is 5.14. The Morgan fingerprint density at radius 3 is 2.45 bits per heavy atom. The summed E-state index contributed by atoms with van der Waals surface area (Å²) in [4.78, 5) is 4.11. The molecule has 0 radical (unpaired) electrons. The predicted molar refractivity (Wildman–Crippen MR) is 85.8 cm³/mol. The second kappa shape index (κ2) is 6.42. The van der Waals surface area contributed by atoms with Crippen molar-refractivity contribution >= 4 is 6.72 Å². The number of phenolic OH excluding ortho intramolecular Hbond substituents is 1. The van der Waals surface area contributed by atoms with Gasteiger partial charge in [0.1, 0.15) is 11.6 Å². The monoisotopic (exact) mass is 272 g/mol. The minimum Gasteiger partial charge on any atom is -0.508 e. The van der Waals surface area contributed by atoms with Crippen molar-refractivity contribution in [1.82, 2.24) is 5.32 Å². The van der Waals surface area contributed by atoms with Crippen LogP contribution < -0.4 is 5.32 Å². The average molecular weight is 272 g/mol. The Morgan fingerprint density at radius 1 is 1.35 bits per heavy atom. The zero-order valence-electron chi connectivity index (χ0n) is 12.8. The van der Waals surface area contributed by atoms with Crippen molar-refractivity contribution in [2.75, 3.05) is 0 Å². The third kappa shape index (κ3) is 4.57. The molecule has 1 rings (SSSR count). The molecule has 3 nitrogen and oxygen atoms in total. The van der Waals surface area contributed by atoms with Crippen LogP contribution in [0.3, 0.4) is 0 Å². The maximum Gasteiger partial charge on any atom is 0.129 e. The lowest BCUT2D eigenvalue weighted by Gasteiger charge is -2.26. The molecule has 0 aliphatic heterocycles. The number of allylic oxidation sites excluding steroid dienone is 2. The van der Waals surface area contributed by atoms with Crippen molar-refractivity contribution in [3.8, 4) is 5.75 Å². The van der Waals surface area contributed by atoms with Gasteiger partial charge in [-0.15, -0.1) is 0 Å². The van der Waals surface area contributed by atoms with Gasteiger partial charge in [0.25, 0.3) is 0 Å². The van der Waals surface area contributed by atoms with Gasteiger partial charge in [-0.1, -0.05) is 39.5 Å². The quantitative estimate of drug-likeness (QED) is 0.795. The molecule has 0 aromatic heterocycles. The zero-order valence-corrected chi connectivity index (χ0v) is 12.8. The third-order valence-corrected chi connectivity index (χ3v) is 2.97. The molecule has 1 aromatic rings. The first-order chi connectivity index (χ1) is 9.24. The highest BCUT2D eigenvalue weighted by atomic mass is 16.3. The van der Waals surface area contributed by atoms with Gasteiger partial charge in [-0.05, 0) is 48.7 Å². The molecule has 3 heteroatoms. The molecular weight excluding hydrogens is 248 g/mol. The van der Waals surface area contributed by atoms with Gasteiger partial charge in [0, 0.05) is 5.70 Å². The van der Waals surface area contributed by atoms with E-state index in [1.54, 1.807) is 12.1 Å². The molecule has 2 N–H and O–H groups in total. The molecule has 0 aliphatic carbocycles. The van der Waals surface area contributed by atoms with Crippen molar-refractivity contribution in [2.45, 2.75) is 34.1 Å². The highest BCUT2D eigenvalue weighted by molar-refractivity contribution is 5.37. The van der Waals surface area contributed by atoms with Crippen LogP contribution >= 0.6 is 0 Å². The molecule has 0 bridgehead atoms. The maximum absolute atomic E-state index is 9.59. The van der Waals surface area contributed by atoms with E-state index >= 15 is 0 Å². The van der Waals surface area contributed by atoms with Gasteiger partial charge >= 0.3 is 0 Å². The maximum atomic E-state index is 9.59. The van der Waals surface area contributed by atoms with Crippen LogP contribution in [-0.2, 0) is 6.42 Å². The number of nitrogens with zero attached hydrogens (tertiary/aromatic N) is 1. The van der Waals surface area contributed by atoms with Crippen molar-refractivity contribution in [2.24, 2.45) is 10.4 Å². The predicted octanol–water partition coefficient (Wildman–Crippen LogP) is 4.02. The van der Waals surface area contributed by atoms with Gasteiger partial charge < -0.3 is 10.4 Å². The summed E-state index contributed by atoms with van der Waals surface area (Å²) < 4.78 is 0. The number of aromatic hydroxyl groups is 1. The molecule has 0 spiro atoms. The second-order valence-electron chi connectivity index (χ2n) is 5.99. The number of phenols is 1. The van der Waals surface area contributed by atoms with Gasteiger partial charge in [0.15, 0.2) is 0 Å². The number of aliphatic imine (C=N–C) groups is 1. The van der Waals surface area contributed by atoms with Gasteiger partial charge in [-0.2, -0.15) is 0 Å². The smallest absolute Gasteiger partial charge is 0.129 e. The first-order valence-corrected chi connectivity index (χ1v) is 6.65. The van der Waals surface area contributed by atoms with Crippen LogP contribution in [0.15, 0.2) is 52.9 Å². The fraction of sp³-hybridized carbons (Fsp3) is 0.353. The standard InChI is InChI=1S/C17H24N2O/c1-12(2)19-16(18-6)15(17(3,4)5)11-13-8-7-9-14(20)10-13/h7-10,19-20H,1,6,11H2,2-5H3/b16-15+. The highest BCUT2D eigenvalue weighted by Crippen LogP contribution is 2.31. The zero-order chi connectivity index (χ0) is 15.3. The van der Waals surface area contributed by atoms with Crippen LogP contribution in [0.1, 0.15) is 33.3 Å². The van der Waals surface area contributed by atoms with E-state index in [0.717, 1.165) is 22.7 Å². The number of hydrogen-bond donors (Lipinski definition) is 2. The number of nitrogens with one attached hydrogen (secondary N) is 1. The van der Waals surface area contributed by atoms with Crippen molar-refractivity contribution in [1.29, 1.82) is 0 Å². The Bertz CT molecular complexity index is 536. The van der Waals surface area contributed by atoms with Crippen molar-refractivity contribution < 1.29 is 5.11 Å². The summed E-state index contributed by atoms with van der Waals surface area (Å²) in [6, 6.07) is 7.28. The third-order valence-electron chi connectivity index (χ3n) is 2.97. The molecule has 20 heavy (non-hydrogen) atoms. The molecule has 0 aliphatic rings. The number of rotatable bonds is 5. The van der Waals surface area contributed by atoms with Crippen LogP contribution in [0.5, 0.6) is 5.75 Å². The lowest BCUT2D eigenvalue weighted by atomic mass is 9.82. The van der Waals surface area contributed by atoms with E-state index in [-0.39, 0.29) is 11.2 Å². The van der Waals surface area contributed by atoms with E-state index in [9.17, 15) is 5.11 Å². The molecular formula is C17H24N2O. The fourth-order valence-corrected chi connectivity index (χ4v) is 1.99. The van der Waals surface area contributed by atoms with Crippen molar-refractivity contribution in [3.63, 3.8) is 0 Å². The van der Waals surface area contributed by atoms with Gasteiger partial charge in [-0.25, -0.2) is 4.99 Å². The summed E-state index contributed by atoms with van der Waals surface area (Å²) in [5, 5.41) is 12.8. The highest BCUT2D eigenvalue weighted by Gasteiger charge is 2.22. The van der Waals surface area contributed by atoms with Crippen LogP contribution in [0, 0.1) is 5.41 Å². The van der Waals surface area contributed by atoms with E-state index < -0.39 is 0 Å². The lowest BCUT2D eigenvalue weighted by Crippen LogP contribution is -2.20. The topological polar surface area (TPSA) is 44.6 Å². The molecule has 0 atom stereocenters. The molecule has 0 amide bonds. The van der Waals surface area contributed by atoms with E-state index in [1.807, 2.05) is 19.1 Å². The summed E-state index contributed by atoms with van der Waals surface area (Å²) in [6.45, 7) is 15.8. The van der Waals surface area contributed by atoms with Gasteiger partial charge in [0.05, 0.1) is 0 Å². The molecule has 0 saturated carbocycles. The second-order valence-corrected chi connectivity index (χ2v) is 5.99. The lowest BCUT2D eigenvalue weighted by molar-refractivity contribution is 0.470. The first-order valence-electron chi connectivity index (χ1n) is 6.65. The van der Waals surface area contributed by atoms with Crippen molar-refractivity contribution in [3.05, 3.63) is 53.5 Å². The summed E-state index contributed by atoms with van der Waals surface area (Å²) in [5.74, 6) is 1.02. The molecule has 108 valence electrons. The molecule has 1 aromatic carbocycles. The molecule has 0 heterocycles. The van der Waals surface area contributed by atoms with E-state index in [4.69, 9.17) is 0 Å². The molecule has 0 saturated heterocycles.